The van der Waals surface area contributed by atoms with Crippen molar-refractivity contribution in [3.8, 4) is 22.6 Å². The second kappa shape index (κ2) is 14.5. The molecule has 0 saturated carbocycles. The number of hydrogen-bond donors (Lipinski definition) is 0. The molecule has 4 aromatic carbocycles. The first-order valence-electron chi connectivity index (χ1n) is 16.1. The van der Waals surface area contributed by atoms with Gasteiger partial charge in [0.25, 0.3) is 5.91 Å². The highest BCUT2D eigenvalue weighted by Crippen LogP contribution is 2.34. The average Bonchev–Trinajstić information content (AvgIpc) is 3.11. The van der Waals surface area contributed by atoms with E-state index in [4.69, 9.17) is 14.2 Å². The minimum atomic E-state index is -4.44. The lowest BCUT2D eigenvalue weighted by atomic mass is 9.91. The average molecular weight is 684 g/mol. The van der Waals surface area contributed by atoms with E-state index in [1.54, 1.807) is 54.4 Å². The molecule has 0 aliphatic carbocycles. The lowest BCUT2D eigenvalue weighted by Crippen LogP contribution is -2.58. The number of methoxy groups -OCH3 is 2. The number of hydrogen-bond acceptors (Lipinski definition) is 6. The minimum absolute atomic E-state index is 0.0212. The van der Waals surface area contributed by atoms with E-state index in [2.05, 4.69) is 4.98 Å². The molecule has 1 aliphatic heterocycles. The first-order chi connectivity index (χ1) is 24.0. The smallest absolute Gasteiger partial charge is 0.416 e. The molecule has 2 heterocycles. The molecule has 8 nitrogen and oxygen atoms in total. The number of pyridine rings is 1. The summed E-state index contributed by atoms with van der Waals surface area (Å²) in [6, 6.07) is 26.7. The topological polar surface area (TPSA) is 81.2 Å². The number of halogens is 3. The first kappa shape index (κ1) is 34.3. The van der Waals surface area contributed by atoms with Crippen LogP contribution in [0, 0.1) is 5.92 Å². The predicted octanol–water partition coefficient (Wildman–Crippen LogP) is 8.24. The summed E-state index contributed by atoms with van der Waals surface area (Å²) in [6.07, 6.45) is -3.35. The molecule has 1 fully saturated rings. The van der Waals surface area contributed by atoms with Crippen LogP contribution in [0.4, 0.5) is 18.0 Å². The summed E-state index contributed by atoms with van der Waals surface area (Å²) in [7, 11) is 3.12. The number of para-hydroxylation sites is 1. The van der Waals surface area contributed by atoms with Gasteiger partial charge in [-0.15, -0.1) is 0 Å². The number of rotatable bonds is 10. The second-order valence-corrected chi connectivity index (χ2v) is 12.2. The van der Waals surface area contributed by atoms with Gasteiger partial charge >= 0.3 is 12.3 Å². The Labute approximate surface area is 288 Å². The Balaban J connectivity index is 1.25. The van der Waals surface area contributed by atoms with Gasteiger partial charge in [-0.25, -0.2) is 4.79 Å². The number of ether oxygens (including phenoxy) is 3. The molecular formula is C39H36F3N3O5. The van der Waals surface area contributed by atoms with Crippen LogP contribution in [0.1, 0.15) is 34.0 Å². The van der Waals surface area contributed by atoms with E-state index < -0.39 is 17.8 Å². The number of benzene rings is 4. The lowest BCUT2D eigenvalue weighted by Gasteiger charge is -2.45. The van der Waals surface area contributed by atoms with E-state index in [1.807, 2.05) is 49.4 Å². The normalized spacial score (nSPS) is 13.8. The van der Waals surface area contributed by atoms with Crippen LogP contribution in [-0.2, 0) is 24.1 Å². The van der Waals surface area contributed by atoms with E-state index in [9.17, 15) is 22.8 Å². The van der Waals surface area contributed by atoms with Crippen LogP contribution in [0.2, 0.25) is 0 Å². The van der Waals surface area contributed by atoms with Crippen molar-refractivity contribution in [2.75, 3.05) is 27.3 Å². The quantitative estimate of drug-likeness (QED) is 0.148. The van der Waals surface area contributed by atoms with Crippen molar-refractivity contribution in [2.45, 2.75) is 32.3 Å². The van der Waals surface area contributed by atoms with Crippen LogP contribution in [0.15, 0.2) is 103 Å². The van der Waals surface area contributed by atoms with Gasteiger partial charge in [-0.3, -0.25) is 9.78 Å². The molecule has 1 aliphatic rings. The zero-order valence-corrected chi connectivity index (χ0v) is 27.8. The van der Waals surface area contributed by atoms with Crippen molar-refractivity contribution in [3.63, 3.8) is 0 Å². The Morgan fingerprint density at radius 2 is 1.66 bits per heavy atom. The molecule has 11 heteroatoms. The Bertz CT molecular complexity index is 1980. The molecule has 0 radical (unpaired) electrons. The summed E-state index contributed by atoms with van der Waals surface area (Å²) in [6.45, 7) is 3.19. The fourth-order valence-corrected chi connectivity index (χ4v) is 6.11. The Hall–Kier alpha value is -5.58. The predicted molar refractivity (Wildman–Crippen MR) is 183 cm³/mol. The van der Waals surface area contributed by atoms with Crippen molar-refractivity contribution in [1.29, 1.82) is 0 Å². The number of fused-ring (bicyclic) bond motifs is 1. The van der Waals surface area contributed by atoms with Gasteiger partial charge in [-0.2, -0.15) is 13.2 Å². The van der Waals surface area contributed by atoms with Gasteiger partial charge in [0.1, 0.15) is 18.1 Å². The molecule has 1 atom stereocenters. The van der Waals surface area contributed by atoms with Crippen LogP contribution >= 0.6 is 0 Å². The van der Waals surface area contributed by atoms with Crippen LogP contribution in [-0.4, -0.2) is 60.1 Å². The third-order valence-corrected chi connectivity index (χ3v) is 9.12. The van der Waals surface area contributed by atoms with E-state index in [0.717, 1.165) is 23.3 Å². The van der Waals surface area contributed by atoms with Crippen molar-refractivity contribution in [1.82, 2.24) is 14.8 Å². The van der Waals surface area contributed by atoms with Crippen LogP contribution in [0.25, 0.3) is 22.0 Å². The monoisotopic (exact) mass is 683 g/mol. The number of aromatic nitrogens is 1. The molecule has 2 amide bonds. The van der Waals surface area contributed by atoms with Crippen LogP contribution in [0.3, 0.4) is 0 Å². The van der Waals surface area contributed by atoms with E-state index >= 15 is 0 Å². The zero-order valence-electron chi connectivity index (χ0n) is 27.8. The molecule has 5 aromatic rings. The highest BCUT2D eigenvalue weighted by molar-refractivity contribution is 6.00. The molecule has 0 unspecified atom stereocenters. The summed E-state index contributed by atoms with van der Waals surface area (Å²) in [5.74, 6) is 0.886. The number of alkyl halides is 3. The van der Waals surface area contributed by atoms with Gasteiger partial charge < -0.3 is 24.0 Å². The van der Waals surface area contributed by atoms with Gasteiger partial charge in [0, 0.05) is 60.4 Å². The second-order valence-electron chi connectivity index (χ2n) is 12.2. The Morgan fingerprint density at radius 1 is 0.920 bits per heavy atom. The lowest BCUT2D eigenvalue weighted by molar-refractivity contribution is -0.137. The number of carbonyl (C=O) groups is 2. The third-order valence-electron chi connectivity index (χ3n) is 9.12. The molecule has 0 N–H and O–H groups in total. The zero-order chi connectivity index (χ0) is 35.4. The highest BCUT2D eigenvalue weighted by atomic mass is 19.4. The van der Waals surface area contributed by atoms with Gasteiger partial charge in [0.05, 0.1) is 30.9 Å². The Morgan fingerprint density at radius 3 is 2.34 bits per heavy atom. The maximum absolute atomic E-state index is 14.4. The molecule has 258 valence electrons. The maximum atomic E-state index is 14.4. The number of amides is 2. The van der Waals surface area contributed by atoms with Crippen molar-refractivity contribution < 1.29 is 37.0 Å². The van der Waals surface area contributed by atoms with Gasteiger partial charge in [-0.05, 0) is 48.4 Å². The number of carbonyl (C=O) groups excluding carboxylic acids is 2. The first-order valence-corrected chi connectivity index (χ1v) is 16.1. The fraction of sp³-hybridized carbons (Fsp3) is 0.256. The summed E-state index contributed by atoms with van der Waals surface area (Å²) >= 11 is 0. The summed E-state index contributed by atoms with van der Waals surface area (Å²) in [5, 5.41) is 0.666. The van der Waals surface area contributed by atoms with E-state index in [1.165, 1.54) is 18.3 Å². The molecule has 1 saturated heterocycles. The SMILES string of the molecule is COc1ccc(CN(C(=O)c2cnc3c(-c4ccc(C(F)(F)F)cc4)cccc3c2)[C@@H](C)C2CN(C(=O)OCc3ccccc3)C2)c(OC)c1. The minimum Gasteiger partial charge on any atom is -0.497 e. The largest absolute Gasteiger partial charge is 0.497 e. The van der Waals surface area contributed by atoms with E-state index in [0.29, 0.717) is 52.2 Å². The molecular weight excluding hydrogens is 647 g/mol. The van der Waals surface area contributed by atoms with Gasteiger partial charge in [-0.1, -0.05) is 60.7 Å². The van der Waals surface area contributed by atoms with Crippen molar-refractivity contribution in [2.24, 2.45) is 5.92 Å². The van der Waals surface area contributed by atoms with Crippen LogP contribution < -0.4 is 9.47 Å². The molecule has 6 rings (SSSR count). The number of likely N-dealkylation sites (tertiary alicyclic amines) is 1. The summed E-state index contributed by atoms with van der Waals surface area (Å²) in [5.41, 5.74) is 3.07. The molecule has 0 spiro atoms. The third kappa shape index (κ3) is 7.36. The summed E-state index contributed by atoms with van der Waals surface area (Å²) < 4.78 is 56.0. The molecule has 0 bridgehead atoms. The Kier molecular flexibility index (Phi) is 9.94. The van der Waals surface area contributed by atoms with Crippen molar-refractivity contribution in [3.05, 3.63) is 126 Å². The standard InChI is InChI=1S/C39H36F3N3O5/c1-25(31-21-44(22-31)38(47)50-24-26-8-5-4-6-9-26)45(23-29-14-17-33(48-2)19-35(29)49-3)37(46)30-18-28-10-7-11-34(36(28)43-20-30)27-12-15-32(16-13-27)39(40,41)42/h4-20,25,31H,21-24H2,1-3H3/t25-/m0/s1. The van der Waals surface area contributed by atoms with Gasteiger partial charge in [0.2, 0.25) is 0 Å². The summed E-state index contributed by atoms with van der Waals surface area (Å²) in [4.78, 5) is 35.2. The molecule has 50 heavy (non-hydrogen) atoms. The fourth-order valence-electron chi connectivity index (χ4n) is 6.11. The molecule has 1 aromatic heterocycles. The van der Waals surface area contributed by atoms with Gasteiger partial charge in [0.15, 0.2) is 0 Å². The number of nitrogens with zero attached hydrogens (tertiary/aromatic N) is 3. The van der Waals surface area contributed by atoms with Crippen LogP contribution in [0.5, 0.6) is 11.5 Å². The maximum Gasteiger partial charge on any atom is 0.416 e. The van der Waals surface area contributed by atoms with E-state index in [-0.39, 0.29) is 31.0 Å². The highest BCUT2D eigenvalue weighted by Gasteiger charge is 2.39. The van der Waals surface area contributed by atoms with Crippen molar-refractivity contribution >= 4 is 22.9 Å².